The molecule has 0 saturated heterocycles. The normalized spacial score (nSPS) is 24.7. The lowest BCUT2D eigenvalue weighted by atomic mass is 10.0. The minimum absolute atomic E-state index is 0.381. The molecule has 10 heavy (non-hydrogen) atoms. The van der Waals surface area contributed by atoms with Crippen molar-refractivity contribution in [2.24, 2.45) is 0 Å². The third-order valence-electron chi connectivity index (χ3n) is 1.93. The van der Waals surface area contributed by atoms with Crippen molar-refractivity contribution in [2.45, 2.75) is 37.4 Å². The molecule has 0 aromatic heterocycles. The molecule has 0 unspecified atom stereocenters. The standard InChI is InChI=1S/C6H11Cl3S/c7-10(8,9)6-4-2-1-3-5-6/h6H,1-5H2. The van der Waals surface area contributed by atoms with Gasteiger partial charge >= 0.3 is 0 Å². The first-order valence-electron chi connectivity index (χ1n) is 3.52. The smallest absolute Gasteiger partial charge is 0.0278 e. The molecule has 1 aliphatic rings. The summed E-state index contributed by atoms with van der Waals surface area (Å²) < 4.78 is 0. The maximum atomic E-state index is 5.83. The molecule has 1 aliphatic carbocycles. The highest BCUT2D eigenvalue weighted by atomic mass is 36.2. The third-order valence-corrected chi connectivity index (χ3v) is 5.43. The van der Waals surface area contributed by atoms with Crippen LogP contribution >= 0.6 is 39.7 Å². The van der Waals surface area contributed by atoms with Gasteiger partial charge in [-0.05, 0) is 52.6 Å². The molecule has 0 atom stereocenters. The fourth-order valence-corrected chi connectivity index (χ4v) is 3.80. The van der Waals surface area contributed by atoms with Crippen LogP contribution < -0.4 is 0 Å². The van der Waals surface area contributed by atoms with Crippen LogP contribution in [-0.4, -0.2) is 5.25 Å². The van der Waals surface area contributed by atoms with E-state index in [1.54, 1.807) is 0 Å². The summed E-state index contributed by atoms with van der Waals surface area (Å²) in [5, 5.41) is 0.381. The lowest BCUT2D eigenvalue weighted by molar-refractivity contribution is 0.516. The van der Waals surface area contributed by atoms with Gasteiger partial charge in [-0.25, -0.2) is 0 Å². The van der Waals surface area contributed by atoms with E-state index in [1.807, 2.05) is 0 Å². The minimum atomic E-state index is -1.81. The zero-order valence-corrected chi connectivity index (χ0v) is 8.74. The van der Waals surface area contributed by atoms with Crippen molar-refractivity contribution >= 4 is 39.7 Å². The van der Waals surface area contributed by atoms with Crippen LogP contribution in [0.3, 0.4) is 0 Å². The average Bonchev–Trinajstić information content (AvgIpc) is 1.88. The summed E-state index contributed by atoms with van der Waals surface area (Å²) in [4.78, 5) is 0. The van der Waals surface area contributed by atoms with Crippen LogP contribution in [0.15, 0.2) is 0 Å². The first-order valence-corrected chi connectivity index (χ1v) is 7.69. The number of halogens is 3. The largest absolute Gasteiger partial charge is 0.0532 e. The molecule has 0 spiro atoms. The Kier molecular flexibility index (Phi) is 3.49. The maximum absolute atomic E-state index is 5.83. The van der Waals surface area contributed by atoms with Gasteiger partial charge in [-0.1, -0.05) is 19.3 Å². The lowest BCUT2D eigenvalue weighted by Crippen LogP contribution is -2.11. The van der Waals surface area contributed by atoms with Gasteiger partial charge in [0, 0.05) is 5.25 Å². The van der Waals surface area contributed by atoms with E-state index < -0.39 is 7.67 Å². The van der Waals surface area contributed by atoms with E-state index in [0.29, 0.717) is 5.25 Å². The highest BCUT2D eigenvalue weighted by molar-refractivity contribution is 8.79. The van der Waals surface area contributed by atoms with E-state index in [4.69, 9.17) is 32.0 Å². The molecule has 4 heteroatoms. The molecule has 62 valence electrons. The molecule has 0 aromatic carbocycles. The van der Waals surface area contributed by atoms with Crippen molar-refractivity contribution < 1.29 is 0 Å². The van der Waals surface area contributed by atoms with Gasteiger partial charge in [-0.2, -0.15) is 0 Å². The summed E-state index contributed by atoms with van der Waals surface area (Å²) in [6.07, 6.45) is 6.03. The number of rotatable bonds is 1. The van der Waals surface area contributed by atoms with Crippen LogP contribution in [0.1, 0.15) is 32.1 Å². The molecule has 1 rings (SSSR count). The van der Waals surface area contributed by atoms with Crippen molar-refractivity contribution in [3.05, 3.63) is 0 Å². The predicted molar refractivity (Wildman–Crippen MR) is 52.0 cm³/mol. The molecule has 0 N–H and O–H groups in total. The van der Waals surface area contributed by atoms with E-state index in [9.17, 15) is 0 Å². The lowest BCUT2D eigenvalue weighted by Gasteiger charge is -2.30. The zero-order valence-electron chi connectivity index (χ0n) is 5.66. The van der Waals surface area contributed by atoms with Crippen molar-refractivity contribution in [2.75, 3.05) is 0 Å². The first kappa shape index (κ1) is 9.31. The van der Waals surface area contributed by atoms with Gasteiger partial charge < -0.3 is 0 Å². The van der Waals surface area contributed by atoms with E-state index in [2.05, 4.69) is 0 Å². The Bertz CT molecular complexity index is 104. The summed E-state index contributed by atoms with van der Waals surface area (Å²) in [5.74, 6) is 0. The molecule has 0 nitrogen and oxygen atoms in total. The van der Waals surface area contributed by atoms with Crippen LogP contribution in [0.5, 0.6) is 0 Å². The summed E-state index contributed by atoms with van der Waals surface area (Å²) in [7, 11) is 15.7. The minimum Gasteiger partial charge on any atom is -0.0532 e. The summed E-state index contributed by atoms with van der Waals surface area (Å²) in [6, 6.07) is 0. The van der Waals surface area contributed by atoms with E-state index in [0.717, 1.165) is 12.8 Å². The maximum Gasteiger partial charge on any atom is 0.0278 e. The Balaban J connectivity index is 2.39. The predicted octanol–water partition coefficient (Wildman–Crippen LogP) is 4.59. The van der Waals surface area contributed by atoms with E-state index in [-0.39, 0.29) is 0 Å². The van der Waals surface area contributed by atoms with Gasteiger partial charge in [0.1, 0.15) is 0 Å². The molecule has 0 aromatic rings. The monoisotopic (exact) mass is 220 g/mol. The summed E-state index contributed by atoms with van der Waals surface area (Å²) >= 11 is 0. The molecule has 0 bridgehead atoms. The van der Waals surface area contributed by atoms with Crippen LogP contribution in [0.2, 0.25) is 0 Å². The molecule has 0 radical (unpaired) electrons. The van der Waals surface area contributed by atoms with Crippen molar-refractivity contribution in [1.82, 2.24) is 0 Å². The van der Waals surface area contributed by atoms with Crippen molar-refractivity contribution in [1.29, 1.82) is 0 Å². The fraction of sp³-hybridized carbons (Fsp3) is 1.00. The van der Waals surface area contributed by atoms with Crippen LogP contribution in [0.25, 0.3) is 0 Å². The van der Waals surface area contributed by atoms with Crippen LogP contribution in [-0.2, 0) is 0 Å². The summed E-state index contributed by atoms with van der Waals surface area (Å²) in [5.41, 5.74) is 0. The van der Waals surface area contributed by atoms with Gasteiger partial charge in [0.15, 0.2) is 0 Å². The number of hydrogen-bond donors (Lipinski definition) is 0. The highest BCUT2D eigenvalue weighted by Gasteiger charge is 2.28. The van der Waals surface area contributed by atoms with Crippen molar-refractivity contribution in [3.63, 3.8) is 0 Å². The third kappa shape index (κ3) is 2.69. The van der Waals surface area contributed by atoms with Crippen LogP contribution in [0.4, 0.5) is 0 Å². The highest BCUT2D eigenvalue weighted by Crippen LogP contribution is 2.69. The van der Waals surface area contributed by atoms with E-state index >= 15 is 0 Å². The Labute approximate surface area is 77.0 Å². The molecule has 1 fully saturated rings. The molecule has 0 heterocycles. The van der Waals surface area contributed by atoms with E-state index in [1.165, 1.54) is 19.3 Å². The quantitative estimate of drug-likeness (QED) is 0.608. The number of hydrogen-bond acceptors (Lipinski definition) is 0. The van der Waals surface area contributed by atoms with Crippen molar-refractivity contribution in [3.8, 4) is 0 Å². The zero-order chi connectivity index (χ0) is 7.61. The Morgan fingerprint density at radius 3 is 1.70 bits per heavy atom. The molecule has 0 amide bonds. The second kappa shape index (κ2) is 3.75. The van der Waals surface area contributed by atoms with Crippen LogP contribution in [0, 0.1) is 0 Å². The first-order chi connectivity index (χ1) is 4.61. The molecule has 1 saturated carbocycles. The Morgan fingerprint density at radius 1 is 0.900 bits per heavy atom. The second-order valence-corrected chi connectivity index (χ2v) is 10.1. The molecular formula is C6H11Cl3S. The van der Waals surface area contributed by atoms with Gasteiger partial charge in [-0.3, -0.25) is 0 Å². The molecule has 0 aliphatic heterocycles. The van der Waals surface area contributed by atoms with Gasteiger partial charge in [0.05, 0.1) is 0 Å². The fourth-order valence-electron chi connectivity index (χ4n) is 1.33. The van der Waals surface area contributed by atoms with Gasteiger partial charge in [0.2, 0.25) is 0 Å². The average molecular weight is 222 g/mol. The Hall–Kier alpha value is 1.22. The SMILES string of the molecule is ClS(Cl)(Cl)C1CCCCC1. The second-order valence-electron chi connectivity index (χ2n) is 2.70. The Morgan fingerprint density at radius 2 is 1.40 bits per heavy atom. The molecular weight excluding hydrogens is 210 g/mol. The van der Waals surface area contributed by atoms with Gasteiger partial charge in [0.25, 0.3) is 0 Å². The topological polar surface area (TPSA) is 0 Å². The summed E-state index contributed by atoms with van der Waals surface area (Å²) in [6.45, 7) is 0. The van der Waals surface area contributed by atoms with Gasteiger partial charge in [-0.15, -0.1) is 0 Å².